The second-order valence-electron chi connectivity index (χ2n) is 4.80. The number of rotatable bonds is 7. The monoisotopic (exact) mass is 237 g/mol. The van der Waals surface area contributed by atoms with Gasteiger partial charge in [0.15, 0.2) is 0 Å². The lowest BCUT2D eigenvalue weighted by atomic mass is 10.1. The predicted molar refractivity (Wildman–Crippen MR) is 62.1 cm³/mol. The van der Waals surface area contributed by atoms with Crippen molar-refractivity contribution in [2.45, 2.75) is 40.2 Å². The van der Waals surface area contributed by atoms with Crippen molar-refractivity contribution in [1.82, 2.24) is 4.72 Å². The van der Waals surface area contributed by atoms with Crippen LogP contribution in [0.4, 0.5) is 0 Å². The molecule has 5 heteroatoms. The summed E-state index contributed by atoms with van der Waals surface area (Å²) >= 11 is 0. The zero-order valence-corrected chi connectivity index (χ0v) is 10.8. The van der Waals surface area contributed by atoms with Gasteiger partial charge in [0.05, 0.1) is 12.4 Å². The lowest BCUT2D eigenvalue weighted by molar-refractivity contribution is 0.240. The first-order valence-electron chi connectivity index (χ1n) is 5.37. The quantitative estimate of drug-likeness (QED) is 0.693. The average Bonchev–Trinajstić information content (AvgIpc) is 1.98. The molecule has 0 radical (unpaired) electrons. The summed E-state index contributed by atoms with van der Waals surface area (Å²) in [6, 6.07) is -0.353. The topological polar surface area (TPSA) is 66.4 Å². The number of aliphatic hydroxyl groups excluding tert-OH is 1. The summed E-state index contributed by atoms with van der Waals surface area (Å²) in [4.78, 5) is 0. The highest BCUT2D eigenvalue weighted by Gasteiger charge is 2.19. The summed E-state index contributed by atoms with van der Waals surface area (Å²) in [6.07, 6.45) is 0.661. The standard InChI is InChI=1S/C10H23NO3S/c1-8(2)5-10(6-12)11-15(13,14)7-9(3)4/h8-12H,5-7H2,1-4H3. The van der Waals surface area contributed by atoms with Crippen molar-refractivity contribution in [3.8, 4) is 0 Å². The van der Waals surface area contributed by atoms with Crippen LogP contribution in [-0.4, -0.2) is 31.9 Å². The molecule has 1 atom stereocenters. The van der Waals surface area contributed by atoms with E-state index in [-0.39, 0.29) is 24.3 Å². The summed E-state index contributed by atoms with van der Waals surface area (Å²) in [5, 5.41) is 9.05. The molecule has 15 heavy (non-hydrogen) atoms. The van der Waals surface area contributed by atoms with Crippen molar-refractivity contribution in [2.75, 3.05) is 12.4 Å². The van der Waals surface area contributed by atoms with E-state index < -0.39 is 10.0 Å². The third-order valence-electron chi connectivity index (χ3n) is 1.88. The minimum atomic E-state index is -3.25. The molecule has 1 unspecified atom stereocenters. The van der Waals surface area contributed by atoms with Crippen LogP contribution in [0.1, 0.15) is 34.1 Å². The Morgan fingerprint density at radius 1 is 1.13 bits per heavy atom. The molecule has 2 N–H and O–H groups in total. The molecule has 0 fully saturated rings. The molecule has 0 aromatic rings. The van der Waals surface area contributed by atoms with E-state index in [4.69, 9.17) is 5.11 Å². The van der Waals surface area contributed by atoms with Gasteiger partial charge in [-0.25, -0.2) is 13.1 Å². The maximum absolute atomic E-state index is 11.6. The molecule has 4 nitrogen and oxygen atoms in total. The molecule has 0 saturated carbocycles. The van der Waals surface area contributed by atoms with Crippen molar-refractivity contribution in [3.05, 3.63) is 0 Å². The largest absolute Gasteiger partial charge is 0.395 e. The van der Waals surface area contributed by atoms with Gasteiger partial charge in [0.25, 0.3) is 0 Å². The number of sulfonamides is 1. The van der Waals surface area contributed by atoms with Crippen molar-refractivity contribution in [3.63, 3.8) is 0 Å². The van der Waals surface area contributed by atoms with E-state index in [1.165, 1.54) is 0 Å². The van der Waals surface area contributed by atoms with Crippen molar-refractivity contribution in [2.24, 2.45) is 11.8 Å². The van der Waals surface area contributed by atoms with E-state index in [1.54, 1.807) is 0 Å². The Labute approximate surface area is 93.1 Å². The van der Waals surface area contributed by atoms with Gasteiger partial charge in [-0.05, 0) is 18.3 Å². The van der Waals surface area contributed by atoms with Gasteiger partial charge < -0.3 is 5.11 Å². The molecule has 0 amide bonds. The molecular formula is C10H23NO3S. The van der Waals surface area contributed by atoms with Crippen LogP contribution in [0.3, 0.4) is 0 Å². The second-order valence-corrected chi connectivity index (χ2v) is 6.60. The summed E-state index contributed by atoms with van der Waals surface area (Å²) in [5.74, 6) is 0.575. The number of nitrogens with one attached hydrogen (secondary N) is 1. The van der Waals surface area contributed by atoms with Crippen LogP contribution >= 0.6 is 0 Å². The maximum Gasteiger partial charge on any atom is 0.212 e. The molecule has 0 heterocycles. The normalized spacial score (nSPS) is 14.9. The molecule has 0 rings (SSSR count). The molecule has 0 aliphatic carbocycles. The minimum Gasteiger partial charge on any atom is -0.395 e. The first kappa shape index (κ1) is 14.9. The predicted octanol–water partition coefficient (Wildman–Crippen LogP) is 0.969. The Bertz CT molecular complexity index is 260. The van der Waals surface area contributed by atoms with Gasteiger partial charge in [0.2, 0.25) is 10.0 Å². The molecule has 0 aliphatic rings. The number of hydrogen-bond donors (Lipinski definition) is 2. The first-order chi connectivity index (χ1) is 6.76. The van der Waals surface area contributed by atoms with Gasteiger partial charge in [0.1, 0.15) is 0 Å². The van der Waals surface area contributed by atoms with Crippen LogP contribution in [0, 0.1) is 11.8 Å². The van der Waals surface area contributed by atoms with Gasteiger partial charge in [-0.1, -0.05) is 27.7 Å². The summed E-state index contributed by atoms with van der Waals surface area (Å²) in [5.41, 5.74) is 0. The third-order valence-corrected chi connectivity index (χ3v) is 3.67. The van der Waals surface area contributed by atoms with Gasteiger partial charge in [-0.3, -0.25) is 0 Å². The summed E-state index contributed by atoms with van der Waals surface area (Å²) in [6.45, 7) is 7.57. The zero-order chi connectivity index (χ0) is 12.1. The van der Waals surface area contributed by atoms with Gasteiger partial charge in [-0.15, -0.1) is 0 Å². The summed E-state index contributed by atoms with van der Waals surface area (Å²) in [7, 11) is -3.25. The lowest BCUT2D eigenvalue weighted by Crippen LogP contribution is -2.40. The van der Waals surface area contributed by atoms with E-state index in [2.05, 4.69) is 4.72 Å². The van der Waals surface area contributed by atoms with Crippen LogP contribution in [0.2, 0.25) is 0 Å². The summed E-state index contributed by atoms with van der Waals surface area (Å²) < 4.78 is 25.7. The van der Waals surface area contributed by atoms with Crippen LogP contribution in [0.25, 0.3) is 0 Å². The molecule has 92 valence electrons. The van der Waals surface area contributed by atoms with E-state index >= 15 is 0 Å². The van der Waals surface area contributed by atoms with E-state index in [0.717, 1.165) is 0 Å². The molecule has 0 spiro atoms. The van der Waals surface area contributed by atoms with Crippen LogP contribution in [0.15, 0.2) is 0 Å². The smallest absolute Gasteiger partial charge is 0.212 e. The van der Waals surface area contributed by atoms with Crippen molar-refractivity contribution >= 4 is 10.0 Å². The average molecular weight is 237 g/mol. The number of aliphatic hydroxyl groups is 1. The molecule has 0 aromatic carbocycles. The molecular weight excluding hydrogens is 214 g/mol. The zero-order valence-electron chi connectivity index (χ0n) is 10.0. The first-order valence-corrected chi connectivity index (χ1v) is 7.03. The molecule has 0 aromatic heterocycles. The molecule has 0 saturated heterocycles. The molecule has 0 aliphatic heterocycles. The Morgan fingerprint density at radius 3 is 2.00 bits per heavy atom. The maximum atomic E-state index is 11.6. The second kappa shape index (κ2) is 6.45. The Hall–Kier alpha value is -0.130. The van der Waals surface area contributed by atoms with Crippen molar-refractivity contribution in [1.29, 1.82) is 0 Å². The van der Waals surface area contributed by atoms with E-state index in [9.17, 15) is 8.42 Å². The SMILES string of the molecule is CC(C)CC(CO)NS(=O)(=O)CC(C)C. The Balaban J connectivity index is 4.28. The Morgan fingerprint density at radius 2 is 1.67 bits per heavy atom. The van der Waals surface area contributed by atoms with Crippen LogP contribution in [-0.2, 0) is 10.0 Å². The highest BCUT2D eigenvalue weighted by molar-refractivity contribution is 7.89. The van der Waals surface area contributed by atoms with Gasteiger partial charge >= 0.3 is 0 Å². The minimum absolute atomic E-state index is 0.0980. The molecule has 0 bridgehead atoms. The van der Waals surface area contributed by atoms with E-state index in [0.29, 0.717) is 12.3 Å². The van der Waals surface area contributed by atoms with Crippen molar-refractivity contribution < 1.29 is 13.5 Å². The van der Waals surface area contributed by atoms with Gasteiger partial charge in [-0.2, -0.15) is 0 Å². The lowest BCUT2D eigenvalue weighted by Gasteiger charge is -2.18. The van der Waals surface area contributed by atoms with Crippen LogP contribution < -0.4 is 4.72 Å². The van der Waals surface area contributed by atoms with E-state index in [1.807, 2.05) is 27.7 Å². The van der Waals surface area contributed by atoms with Gasteiger partial charge in [0, 0.05) is 6.04 Å². The van der Waals surface area contributed by atoms with Crippen LogP contribution in [0.5, 0.6) is 0 Å². The fourth-order valence-electron chi connectivity index (χ4n) is 1.47. The number of hydrogen-bond acceptors (Lipinski definition) is 3. The highest BCUT2D eigenvalue weighted by atomic mass is 32.2. The fraction of sp³-hybridized carbons (Fsp3) is 1.00. The Kier molecular flexibility index (Phi) is 6.40. The highest BCUT2D eigenvalue weighted by Crippen LogP contribution is 2.06. The fourth-order valence-corrected chi connectivity index (χ4v) is 3.12. The third kappa shape index (κ3) is 7.76.